The maximum Gasteiger partial charge on any atom is 0.241 e. The Hall–Kier alpha value is -2.38. The molecule has 2 N–H and O–H groups in total. The number of carbonyl (C=O) groups excluding carboxylic acids is 1. The number of nitrogens with one attached hydrogen (secondary N) is 2. The first-order valence-electron chi connectivity index (χ1n) is 7.33. The standard InChI is InChI=1S/C17H20N2O4S/c1-12-8-9-16(13(2)10-12)24(21,22)18-11-17(20)19-14-6-4-5-7-15(14)23-3/h4-10,18H,11H2,1-3H3,(H,19,20). The van der Waals surface area contributed by atoms with Gasteiger partial charge in [-0.2, -0.15) is 0 Å². The van der Waals surface area contributed by atoms with E-state index in [0.717, 1.165) is 5.56 Å². The van der Waals surface area contributed by atoms with Crippen molar-refractivity contribution in [3.63, 3.8) is 0 Å². The summed E-state index contributed by atoms with van der Waals surface area (Å²) in [5.41, 5.74) is 2.09. The van der Waals surface area contributed by atoms with Crippen LogP contribution in [0, 0.1) is 13.8 Å². The minimum absolute atomic E-state index is 0.165. The maximum absolute atomic E-state index is 12.3. The van der Waals surface area contributed by atoms with Crippen LogP contribution in [0.15, 0.2) is 47.4 Å². The van der Waals surface area contributed by atoms with Crippen molar-refractivity contribution in [2.45, 2.75) is 18.7 Å². The molecule has 7 heteroatoms. The molecule has 0 fully saturated rings. The number of para-hydroxylation sites is 2. The molecule has 2 aromatic rings. The highest BCUT2D eigenvalue weighted by Gasteiger charge is 2.18. The summed E-state index contributed by atoms with van der Waals surface area (Å²) in [6.07, 6.45) is 0. The maximum atomic E-state index is 12.3. The van der Waals surface area contributed by atoms with E-state index >= 15 is 0 Å². The van der Waals surface area contributed by atoms with E-state index in [1.54, 1.807) is 43.3 Å². The first-order valence-corrected chi connectivity index (χ1v) is 8.81. The van der Waals surface area contributed by atoms with Gasteiger partial charge in [0.15, 0.2) is 0 Å². The molecular formula is C17H20N2O4S. The smallest absolute Gasteiger partial charge is 0.241 e. The summed E-state index contributed by atoms with van der Waals surface area (Å²) in [4.78, 5) is 12.2. The average molecular weight is 348 g/mol. The molecule has 0 bridgehead atoms. The Kier molecular flexibility index (Phi) is 5.58. The largest absolute Gasteiger partial charge is 0.495 e. The first-order chi connectivity index (χ1) is 11.3. The monoisotopic (exact) mass is 348 g/mol. The van der Waals surface area contributed by atoms with Gasteiger partial charge >= 0.3 is 0 Å². The van der Waals surface area contributed by atoms with Gasteiger partial charge in [0.05, 0.1) is 24.2 Å². The van der Waals surface area contributed by atoms with E-state index in [2.05, 4.69) is 10.0 Å². The molecule has 0 aliphatic rings. The van der Waals surface area contributed by atoms with Crippen molar-refractivity contribution in [3.8, 4) is 5.75 Å². The molecule has 128 valence electrons. The van der Waals surface area contributed by atoms with Crippen molar-refractivity contribution < 1.29 is 17.9 Å². The van der Waals surface area contributed by atoms with Gasteiger partial charge in [-0.3, -0.25) is 4.79 Å². The summed E-state index contributed by atoms with van der Waals surface area (Å²) < 4.78 is 32.1. The van der Waals surface area contributed by atoms with Gasteiger partial charge in [0.2, 0.25) is 15.9 Å². The van der Waals surface area contributed by atoms with E-state index in [4.69, 9.17) is 4.74 Å². The lowest BCUT2D eigenvalue weighted by Crippen LogP contribution is -2.33. The number of hydrogen-bond donors (Lipinski definition) is 2. The number of hydrogen-bond acceptors (Lipinski definition) is 4. The Bertz CT molecular complexity index is 847. The van der Waals surface area contributed by atoms with Crippen LogP contribution in [0.1, 0.15) is 11.1 Å². The number of benzene rings is 2. The van der Waals surface area contributed by atoms with Gasteiger partial charge in [-0.15, -0.1) is 0 Å². The highest BCUT2D eigenvalue weighted by molar-refractivity contribution is 7.89. The molecule has 0 spiro atoms. The minimum atomic E-state index is -3.75. The zero-order chi connectivity index (χ0) is 17.7. The summed E-state index contributed by atoms with van der Waals surface area (Å²) in [6, 6.07) is 11.9. The number of anilines is 1. The minimum Gasteiger partial charge on any atom is -0.495 e. The molecule has 2 aromatic carbocycles. The van der Waals surface area contributed by atoms with Gasteiger partial charge in [0.1, 0.15) is 5.75 Å². The van der Waals surface area contributed by atoms with Crippen LogP contribution < -0.4 is 14.8 Å². The van der Waals surface area contributed by atoms with Crippen molar-refractivity contribution in [2.75, 3.05) is 19.0 Å². The quantitative estimate of drug-likeness (QED) is 0.838. The zero-order valence-corrected chi connectivity index (χ0v) is 14.6. The van der Waals surface area contributed by atoms with Crippen LogP contribution in [-0.2, 0) is 14.8 Å². The summed E-state index contributed by atoms with van der Waals surface area (Å²) >= 11 is 0. The average Bonchev–Trinajstić information content (AvgIpc) is 2.53. The molecule has 0 saturated carbocycles. The van der Waals surface area contributed by atoms with Crippen molar-refractivity contribution in [3.05, 3.63) is 53.6 Å². The number of ether oxygens (including phenoxy) is 1. The van der Waals surface area contributed by atoms with E-state index in [-0.39, 0.29) is 11.4 Å². The van der Waals surface area contributed by atoms with E-state index in [0.29, 0.717) is 17.0 Å². The van der Waals surface area contributed by atoms with E-state index < -0.39 is 15.9 Å². The predicted molar refractivity (Wildman–Crippen MR) is 92.7 cm³/mol. The van der Waals surface area contributed by atoms with Crippen LogP contribution in [-0.4, -0.2) is 28.0 Å². The van der Waals surface area contributed by atoms with Gasteiger partial charge < -0.3 is 10.1 Å². The highest BCUT2D eigenvalue weighted by Crippen LogP contribution is 2.22. The molecule has 0 aliphatic carbocycles. The van der Waals surface area contributed by atoms with Crippen molar-refractivity contribution in [2.24, 2.45) is 0 Å². The molecule has 24 heavy (non-hydrogen) atoms. The third kappa shape index (κ3) is 4.33. The second-order valence-corrected chi connectivity index (χ2v) is 7.08. The van der Waals surface area contributed by atoms with E-state index in [1.165, 1.54) is 13.2 Å². The van der Waals surface area contributed by atoms with Gasteiger partial charge in [-0.25, -0.2) is 13.1 Å². The van der Waals surface area contributed by atoms with Gasteiger partial charge in [-0.05, 0) is 37.6 Å². The topological polar surface area (TPSA) is 84.5 Å². The second kappa shape index (κ2) is 7.46. The third-order valence-electron chi connectivity index (χ3n) is 3.42. The zero-order valence-electron chi connectivity index (χ0n) is 13.8. The van der Waals surface area contributed by atoms with Crippen molar-refractivity contribution in [1.29, 1.82) is 0 Å². The van der Waals surface area contributed by atoms with Gasteiger partial charge in [0.25, 0.3) is 0 Å². The van der Waals surface area contributed by atoms with E-state index in [9.17, 15) is 13.2 Å². The van der Waals surface area contributed by atoms with Crippen LogP contribution >= 0.6 is 0 Å². The number of amides is 1. The highest BCUT2D eigenvalue weighted by atomic mass is 32.2. The van der Waals surface area contributed by atoms with Gasteiger partial charge in [-0.1, -0.05) is 29.8 Å². The Balaban J connectivity index is 2.05. The SMILES string of the molecule is COc1ccccc1NC(=O)CNS(=O)(=O)c1ccc(C)cc1C. The fourth-order valence-corrected chi connectivity index (χ4v) is 3.49. The van der Waals surface area contributed by atoms with E-state index in [1.807, 2.05) is 6.92 Å². The van der Waals surface area contributed by atoms with Crippen molar-refractivity contribution >= 4 is 21.6 Å². The van der Waals surface area contributed by atoms with Crippen LogP contribution in [0.2, 0.25) is 0 Å². The summed E-state index contributed by atoms with van der Waals surface area (Å²) in [7, 11) is -2.26. The summed E-state index contributed by atoms with van der Waals surface area (Å²) in [5.74, 6) is 0.0240. The Labute approximate surface area is 141 Å². The molecular weight excluding hydrogens is 328 g/mol. The molecule has 0 radical (unpaired) electrons. The predicted octanol–water partition coefficient (Wildman–Crippen LogP) is 2.23. The first kappa shape index (κ1) is 18.0. The Morgan fingerprint density at radius 2 is 1.83 bits per heavy atom. The van der Waals surface area contributed by atoms with Crippen LogP contribution in [0.25, 0.3) is 0 Å². The number of sulfonamides is 1. The lowest BCUT2D eigenvalue weighted by Gasteiger charge is -2.12. The summed E-state index contributed by atoms with van der Waals surface area (Å²) in [5, 5.41) is 2.62. The lowest BCUT2D eigenvalue weighted by atomic mass is 10.2. The normalized spacial score (nSPS) is 11.1. The lowest BCUT2D eigenvalue weighted by molar-refractivity contribution is -0.115. The third-order valence-corrected chi connectivity index (χ3v) is 4.99. The molecule has 0 aromatic heterocycles. The van der Waals surface area contributed by atoms with Crippen LogP contribution in [0.3, 0.4) is 0 Å². The molecule has 0 saturated heterocycles. The molecule has 6 nitrogen and oxygen atoms in total. The fourth-order valence-electron chi connectivity index (χ4n) is 2.28. The number of rotatable bonds is 6. The molecule has 0 heterocycles. The molecule has 1 amide bonds. The molecule has 0 atom stereocenters. The fraction of sp³-hybridized carbons (Fsp3) is 0.235. The van der Waals surface area contributed by atoms with Crippen LogP contribution in [0.4, 0.5) is 5.69 Å². The van der Waals surface area contributed by atoms with Crippen LogP contribution in [0.5, 0.6) is 5.75 Å². The van der Waals surface area contributed by atoms with Gasteiger partial charge in [0, 0.05) is 0 Å². The molecule has 0 unspecified atom stereocenters. The Morgan fingerprint density at radius 3 is 2.50 bits per heavy atom. The molecule has 2 rings (SSSR count). The van der Waals surface area contributed by atoms with Crippen molar-refractivity contribution in [1.82, 2.24) is 4.72 Å². The Morgan fingerprint density at radius 1 is 1.12 bits per heavy atom. The summed E-state index contributed by atoms with van der Waals surface area (Å²) in [6.45, 7) is 3.24. The second-order valence-electron chi connectivity index (χ2n) is 5.34. The molecule has 0 aliphatic heterocycles. The number of carbonyl (C=O) groups is 1. The number of methoxy groups -OCH3 is 1. The number of aryl methyl sites for hydroxylation is 2.